The Morgan fingerprint density at radius 3 is 2.04 bits per heavy atom. The van der Waals surface area contributed by atoms with Gasteiger partial charge in [0, 0.05) is 16.5 Å². The summed E-state index contributed by atoms with van der Waals surface area (Å²) in [4.78, 5) is 17.8. The van der Waals surface area contributed by atoms with Crippen LogP contribution in [0, 0.1) is 6.92 Å². The van der Waals surface area contributed by atoms with Crippen molar-refractivity contribution in [3.8, 4) is 34.3 Å². The van der Waals surface area contributed by atoms with Crippen LogP contribution in [0.25, 0.3) is 11.3 Å². The molecule has 0 fully saturated rings. The molecule has 0 aliphatic carbocycles. The highest BCUT2D eigenvalue weighted by Crippen LogP contribution is 2.39. The smallest absolute Gasteiger partial charge is 0.203 e. The van der Waals surface area contributed by atoms with Crippen LogP contribution >= 0.6 is 11.3 Å². The van der Waals surface area contributed by atoms with E-state index in [2.05, 4.69) is 4.98 Å². The van der Waals surface area contributed by atoms with Crippen molar-refractivity contribution in [2.45, 2.75) is 6.92 Å². The molecule has 3 rings (SSSR count). The van der Waals surface area contributed by atoms with Crippen molar-refractivity contribution in [1.82, 2.24) is 4.98 Å². The van der Waals surface area contributed by atoms with Gasteiger partial charge in [0.15, 0.2) is 17.3 Å². The van der Waals surface area contributed by atoms with Crippen molar-refractivity contribution in [3.63, 3.8) is 0 Å². The standard InChI is InChI=1S/C21H21NO5S/c1-12-22-16(11-28-12)13-6-7-17(24-2)15(8-13)20(23)14-9-18(25-3)21(27-5)19(10-14)26-4/h6-11H,1-5H3. The molecule has 0 radical (unpaired) electrons. The zero-order valence-corrected chi connectivity index (χ0v) is 17.2. The molecule has 0 bridgehead atoms. The lowest BCUT2D eigenvalue weighted by Gasteiger charge is -2.15. The third kappa shape index (κ3) is 3.66. The highest BCUT2D eigenvalue weighted by molar-refractivity contribution is 7.09. The maximum atomic E-state index is 13.3. The predicted molar refractivity (Wildman–Crippen MR) is 108 cm³/mol. The molecule has 0 aliphatic rings. The maximum absolute atomic E-state index is 13.3. The molecule has 2 aromatic carbocycles. The van der Waals surface area contributed by atoms with E-state index in [9.17, 15) is 4.79 Å². The lowest BCUT2D eigenvalue weighted by Crippen LogP contribution is -2.06. The van der Waals surface area contributed by atoms with Crippen LogP contribution < -0.4 is 18.9 Å². The van der Waals surface area contributed by atoms with Crippen molar-refractivity contribution in [2.75, 3.05) is 28.4 Å². The van der Waals surface area contributed by atoms with Crippen LogP contribution in [0.4, 0.5) is 0 Å². The lowest BCUT2D eigenvalue weighted by molar-refractivity contribution is 0.103. The van der Waals surface area contributed by atoms with Gasteiger partial charge in [-0.15, -0.1) is 11.3 Å². The molecule has 0 spiro atoms. The van der Waals surface area contributed by atoms with E-state index in [4.69, 9.17) is 18.9 Å². The van der Waals surface area contributed by atoms with Gasteiger partial charge in [0.05, 0.1) is 44.7 Å². The van der Waals surface area contributed by atoms with E-state index >= 15 is 0 Å². The minimum Gasteiger partial charge on any atom is -0.496 e. The van der Waals surface area contributed by atoms with E-state index in [1.165, 1.54) is 28.4 Å². The molecule has 146 valence electrons. The van der Waals surface area contributed by atoms with Crippen LogP contribution in [0.3, 0.4) is 0 Å². The Morgan fingerprint density at radius 1 is 0.893 bits per heavy atom. The summed E-state index contributed by atoms with van der Waals surface area (Å²) in [5.41, 5.74) is 2.50. The van der Waals surface area contributed by atoms with Crippen molar-refractivity contribution in [1.29, 1.82) is 0 Å². The lowest BCUT2D eigenvalue weighted by atomic mass is 9.98. The normalized spacial score (nSPS) is 10.5. The second-order valence-electron chi connectivity index (χ2n) is 5.91. The molecule has 0 atom stereocenters. The van der Waals surface area contributed by atoms with Crippen LogP contribution in [-0.2, 0) is 0 Å². The van der Waals surface area contributed by atoms with Gasteiger partial charge in [0.1, 0.15) is 5.75 Å². The number of benzene rings is 2. The Hall–Kier alpha value is -3.06. The number of rotatable bonds is 7. The Balaban J connectivity index is 2.11. The number of hydrogen-bond donors (Lipinski definition) is 0. The highest BCUT2D eigenvalue weighted by atomic mass is 32.1. The summed E-state index contributed by atoms with van der Waals surface area (Å²) in [6, 6.07) is 8.71. The number of nitrogens with zero attached hydrogens (tertiary/aromatic N) is 1. The van der Waals surface area contributed by atoms with Gasteiger partial charge in [-0.2, -0.15) is 0 Å². The number of aryl methyl sites for hydroxylation is 1. The Bertz CT molecular complexity index is 987. The largest absolute Gasteiger partial charge is 0.496 e. The monoisotopic (exact) mass is 399 g/mol. The zero-order valence-electron chi connectivity index (χ0n) is 16.4. The molecule has 0 N–H and O–H groups in total. The van der Waals surface area contributed by atoms with E-state index in [0.29, 0.717) is 34.1 Å². The first-order chi connectivity index (χ1) is 13.5. The van der Waals surface area contributed by atoms with Crippen LogP contribution in [0.5, 0.6) is 23.0 Å². The van der Waals surface area contributed by atoms with Gasteiger partial charge in [0.25, 0.3) is 0 Å². The van der Waals surface area contributed by atoms with E-state index in [0.717, 1.165) is 16.3 Å². The fourth-order valence-electron chi connectivity index (χ4n) is 2.91. The number of methoxy groups -OCH3 is 4. The number of thiazole rings is 1. The summed E-state index contributed by atoms with van der Waals surface area (Å²) in [5.74, 6) is 1.52. The number of ether oxygens (including phenoxy) is 4. The van der Waals surface area contributed by atoms with E-state index in [1.807, 2.05) is 18.4 Å². The van der Waals surface area contributed by atoms with Crippen LogP contribution in [-0.4, -0.2) is 39.2 Å². The molecule has 1 aromatic heterocycles. The van der Waals surface area contributed by atoms with E-state index in [1.54, 1.807) is 35.6 Å². The molecular formula is C21H21NO5S. The Labute approximate surface area is 167 Å². The van der Waals surface area contributed by atoms with Crippen molar-refractivity contribution in [2.24, 2.45) is 0 Å². The van der Waals surface area contributed by atoms with Crippen LogP contribution in [0.1, 0.15) is 20.9 Å². The molecule has 0 aliphatic heterocycles. The summed E-state index contributed by atoms with van der Waals surface area (Å²) >= 11 is 1.56. The molecule has 6 nitrogen and oxygen atoms in total. The molecule has 0 saturated carbocycles. The summed E-state index contributed by atoms with van der Waals surface area (Å²) in [6.45, 7) is 1.94. The van der Waals surface area contributed by atoms with Gasteiger partial charge in [-0.05, 0) is 37.3 Å². The first kappa shape index (κ1) is 19.7. The predicted octanol–water partition coefficient (Wildman–Crippen LogP) is 4.38. The van der Waals surface area contributed by atoms with Gasteiger partial charge in [-0.3, -0.25) is 4.79 Å². The van der Waals surface area contributed by atoms with Gasteiger partial charge in [-0.1, -0.05) is 0 Å². The molecule has 0 amide bonds. The Kier molecular flexibility index (Phi) is 5.84. The highest BCUT2D eigenvalue weighted by Gasteiger charge is 2.21. The van der Waals surface area contributed by atoms with Gasteiger partial charge >= 0.3 is 0 Å². The first-order valence-corrected chi connectivity index (χ1v) is 9.35. The van der Waals surface area contributed by atoms with Gasteiger partial charge < -0.3 is 18.9 Å². The second kappa shape index (κ2) is 8.31. The molecule has 1 heterocycles. The minimum absolute atomic E-state index is 0.218. The summed E-state index contributed by atoms with van der Waals surface area (Å²) < 4.78 is 21.5. The molecule has 0 saturated heterocycles. The fraction of sp³-hybridized carbons (Fsp3) is 0.238. The number of carbonyl (C=O) groups is 1. The second-order valence-corrected chi connectivity index (χ2v) is 6.97. The third-order valence-corrected chi connectivity index (χ3v) is 5.06. The van der Waals surface area contributed by atoms with Crippen molar-refractivity contribution in [3.05, 3.63) is 51.8 Å². The summed E-state index contributed by atoms with van der Waals surface area (Å²) in [6.07, 6.45) is 0. The van der Waals surface area contributed by atoms with Gasteiger partial charge in [0.2, 0.25) is 5.75 Å². The van der Waals surface area contributed by atoms with E-state index in [-0.39, 0.29) is 5.78 Å². The molecule has 28 heavy (non-hydrogen) atoms. The number of carbonyl (C=O) groups excluding carboxylic acids is 1. The first-order valence-electron chi connectivity index (χ1n) is 8.47. The third-order valence-electron chi connectivity index (χ3n) is 4.29. The average Bonchev–Trinajstić information content (AvgIpc) is 3.17. The van der Waals surface area contributed by atoms with Crippen molar-refractivity contribution < 1.29 is 23.7 Å². The van der Waals surface area contributed by atoms with Crippen molar-refractivity contribution >= 4 is 17.1 Å². The number of ketones is 1. The number of hydrogen-bond acceptors (Lipinski definition) is 7. The van der Waals surface area contributed by atoms with Crippen LogP contribution in [0.15, 0.2) is 35.7 Å². The summed E-state index contributed by atoms with van der Waals surface area (Å²) in [7, 11) is 6.08. The summed E-state index contributed by atoms with van der Waals surface area (Å²) in [5, 5.41) is 2.92. The minimum atomic E-state index is -0.218. The topological polar surface area (TPSA) is 66.9 Å². The molecule has 3 aromatic rings. The van der Waals surface area contributed by atoms with Crippen LogP contribution in [0.2, 0.25) is 0 Å². The number of aromatic nitrogens is 1. The SMILES string of the molecule is COc1ccc(-c2csc(C)n2)cc1C(=O)c1cc(OC)c(OC)c(OC)c1. The average molecular weight is 399 g/mol. The molecule has 0 unspecified atom stereocenters. The Morgan fingerprint density at radius 2 is 1.54 bits per heavy atom. The maximum Gasteiger partial charge on any atom is 0.203 e. The molecular weight excluding hydrogens is 378 g/mol. The van der Waals surface area contributed by atoms with E-state index < -0.39 is 0 Å². The van der Waals surface area contributed by atoms with Gasteiger partial charge in [-0.25, -0.2) is 4.98 Å². The quantitative estimate of drug-likeness (QED) is 0.549. The molecule has 7 heteroatoms. The zero-order chi connectivity index (χ0) is 20.3. The fourth-order valence-corrected chi connectivity index (χ4v) is 3.53.